The van der Waals surface area contributed by atoms with Gasteiger partial charge in [-0.25, -0.2) is 13.1 Å². The lowest BCUT2D eigenvalue weighted by molar-refractivity contribution is 0.411. The number of sulfonamides is 1. The first-order chi connectivity index (χ1) is 13.0. The second-order valence-corrected chi connectivity index (χ2v) is 8.75. The van der Waals surface area contributed by atoms with Crippen LogP contribution in [-0.4, -0.2) is 48.2 Å². The molecule has 0 saturated carbocycles. The number of benzene rings is 1. The summed E-state index contributed by atoms with van der Waals surface area (Å²) in [6.45, 7) is 3.42. The number of aryl methyl sites for hydroxylation is 1. The molecule has 1 heterocycles. The Balaban J connectivity index is 1.72. The van der Waals surface area contributed by atoms with Gasteiger partial charge in [-0.3, -0.25) is 4.99 Å². The minimum absolute atomic E-state index is 0.274. The van der Waals surface area contributed by atoms with Crippen molar-refractivity contribution in [3.63, 3.8) is 0 Å². The van der Waals surface area contributed by atoms with E-state index in [1.165, 1.54) is 16.9 Å². The first kappa shape index (κ1) is 21.2. The van der Waals surface area contributed by atoms with Gasteiger partial charge in [0.25, 0.3) is 0 Å². The highest BCUT2D eigenvalue weighted by Crippen LogP contribution is 2.19. The molecule has 0 aliphatic heterocycles. The summed E-state index contributed by atoms with van der Waals surface area (Å²) in [5.74, 6) is 1.51. The van der Waals surface area contributed by atoms with E-state index in [9.17, 15) is 8.42 Å². The van der Waals surface area contributed by atoms with Crippen molar-refractivity contribution in [2.75, 3.05) is 33.8 Å². The Hall–Kier alpha value is -2.10. The molecule has 0 saturated heterocycles. The van der Waals surface area contributed by atoms with E-state index in [1.807, 2.05) is 19.1 Å². The van der Waals surface area contributed by atoms with Crippen molar-refractivity contribution in [3.8, 4) is 5.75 Å². The number of aliphatic imine (C=N–C) groups is 1. The molecule has 1 aromatic carbocycles. The average Bonchev–Trinajstić information content (AvgIpc) is 3.20. The van der Waals surface area contributed by atoms with E-state index in [4.69, 9.17) is 4.74 Å². The Morgan fingerprint density at radius 3 is 2.63 bits per heavy atom. The van der Waals surface area contributed by atoms with Crippen molar-refractivity contribution in [2.24, 2.45) is 4.99 Å². The standard InChI is InChI=1S/C18H26N4O3S2/c1-14-6-7-15(13-16(14)25-3)8-9-20-18(19-2)21-10-11-22-27(23,24)17-5-4-12-26-17/h4-7,12-13,22H,8-11H2,1-3H3,(H2,19,20,21). The zero-order chi connectivity index (χ0) is 19.7. The molecule has 0 aliphatic rings. The molecule has 2 rings (SSSR count). The zero-order valence-electron chi connectivity index (χ0n) is 15.8. The molecule has 7 nitrogen and oxygen atoms in total. The van der Waals surface area contributed by atoms with Crippen LogP contribution in [0.5, 0.6) is 5.75 Å². The summed E-state index contributed by atoms with van der Waals surface area (Å²) in [7, 11) is -0.0783. The summed E-state index contributed by atoms with van der Waals surface area (Å²) in [6.07, 6.45) is 0.822. The number of rotatable bonds is 9. The van der Waals surface area contributed by atoms with E-state index >= 15 is 0 Å². The molecular formula is C18H26N4O3S2. The van der Waals surface area contributed by atoms with Gasteiger partial charge >= 0.3 is 0 Å². The van der Waals surface area contributed by atoms with Crippen LogP contribution >= 0.6 is 11.3 Å². The Kier molecular flexibility index (Phi) is 8.08. The molecule has 1 aromatic heterocycles. The van der Waals surface area contributed by atoms with E-state index in [2.05, 4.69) is 26.4 Å². The summed E-state index contributed by atoms with van der Waals surface area (Å²) in [5.41, 5.74) is 2.28. The summed E-state index contributed by atoms with van der Waals surface area (Å²) < 4.78 is 32.3. The maximum atomic E-state index is 12.0. The van der Waals surface area contributed by atoms with Crippen LogP contribution in [0.3, 0.4) is 0 Å². The second-order valence-electron chi connectivity index (χ2n) is 5.81. The number of methoxy groups -OCH3 is 1. The van der Waals surface area contributed by atoms with E-state index in [1.54, 1.807) is 31.7 Å². The Bertz CT molecular complexity index is 849. The average molecular weight is 411 g/mol. The van der Waals surface area contributed by atoms with Crippen molar-refractivity contribution in [1.82, 2.24) is 15.4 Å². The van der Waals surface area contributed by atoms with Gasteiger partial charge < -0.3 is 15.4 Å². The summed E-state index contributed by atoms with van der Waals surface area (Å²) in [5, 5.41) is 8.05. The molecule has 0 unspecified atom stereocenters. The van der Waals surface area contributed by atoms with Crippen LogP contribution in [-0.2, 0) is 16.4 Å². The largest absolute Gasteiger partial charge is 0.496 e. The maximum absolute atomic E-state index is 12.0. The van der Waals surface area contributed by atoms with Gasteiger partial charge in [0, 0.05) is 26.7 Å². The third-order valence-electron chi connectivity index (χ3n) is 3.87. The molecule has 0 bridgehead atoms. The Morgan fingerprint density at radius 1 is 1.19 bits per heavy atom. The quantitative estimate of drug-likeness (QED) is 0.333. The van der Waals surface area contributed by atoms with Crippen molar-refractivity contribution in [2.45, 2.75) is 17.6 Å². The second kappa shape index (κ2) is 10.3. The number of nitrogens with one attached hydrogen (secondary N) is 3. The molecule has 3 N–H and O–H groups in total. The maximum Gasteiger partial charge on any atom is 0.250 e. The molecule has 0 aliphatic carbocycles. The van der Waals surface area contributed by atoms with E-state index in [0.29, 0.717) is 23.3 Å². The fraction of sp³-hybridized carbons (Fsp3) is 0.389. The fourth-order valence-corrected chi connectivity index (χ4v) is 4.49. The summed E-state index contributed by atoms with van der Waals surface area (Å²) in [4.78, 5) is 4.15. The van der Waals surface area contributed by atoms with Gasteiger partial charge in [-0.2, -0.15) is 0 Å². The highest BCUT2D eigenvalue weighted by atomic mass is 32.2. The van der Waals surface area contributed by atoms with Crippen LogP contribution in [0.2, 0.25) is 0 Å². The molecule has 0 fully saturated rings. The van der Waals surface area contributed by atoms with Crippen molar-refractivity contribution >= 4 is 27.3 Å². The molecule has 148 valence electrons. The van der Waals surface area contributed by atoms with E-state index in [-0.39, 0.29) is 6.54 Å². The number of hydrogen-bond acceptors (Lipinski definition) is 5. The molecule has 0 amide bonds. The minimum atomic E-state index is -3.43. The predicted molar refractivity (Wildman–Crippen MR) is 110 cm³/mol. The number of guanidine groups is 1. The van der Waals surface area contributed by atoms with Gasteiger partial charge in [-0.1, -0.05) is 18.2 Å². The van der Waals surface area contributed by atoms with Crippen molar-refractivity contribution in [1.29, 1.82) is 0 Å². The lowest BCUT2D eigenvalue weighted by Crippen LogP contribution is -2.42. The zero-order valence-corrected chi connectivity index (χ0v) is 17.4. The van der Waals surface area contributed by atoms with E-state index in [0.717, 1.165) is 17.7 Å². The molecule has 27 heavy (non-hydrogen) atoms. The smallest absolute Gasteiger partial charge is 0.250 e. The van der Waals surface area contributed by atoms with Crippen molar-refractivity contribution < 1.29 is 13.2 Å². The Labute approximate surface area is 164 Å². The van der Waals surface area contributed by atoms with Crippen LogP contribution in [0.15, 0.2) is 44.9 Å². The fourth-order valence-electron chi connectivity index (χ4n) is 2.42. The van der Waals surface area contributed by atoms with Gasteiger partial charge in [0.15, 0.2) is 5.96 Å². The minimum Gasteiger partial charge on any atom is -0.496 e. The van der Waals surface area contributed by atoms with Gasteiger partial charge in [0.05, 0.1) is 7.11 Å². The summed E-state index contributed by atoms with van der Waals surface area (Å²) >= 11 is 1.20. The Morgan fingerprint density at radius 2 is 1.96 bits per heavy atom. The van der Waals surface area contributed by atoms with Gasteiger partial charge in [0.1, 0.15) is 9.96 Å². The van der Waals surface area contributed by atoms with Gasteiger partial charge in [-0.15, -0.1) is 11.3 Å². The highest BCUT2D eigenvalue weighted by Gasteiger charge is 2.13. The molecule has 0 spiro atoms. The lowest BCUT2D eigenvalue weighted by atomic mass is 10.1. The number of ether oxygens (including phenoxy) is 1. The number of nitrogens with zero attached hydrogens (tertiary/aromatic N) is 1. The SMILES string of the molecule is CN=C(NCCNS(=O)(=O)c1cccs1)NCCc1ccc(C)c(OC)c1. The first-order valence-electron chi connectivity index (χ1n) is 8.57. The van der Waals surface area contributed by atoms with Crippen LogP contribution in [0.25, 0.3) is 0 Å². The van der Waals surface area contributed by atoms with Crippen LogP contribution in [0.1, 0.15) is 11.1 Å². The predicted octanol–water partition coefficient (Wildman–Crippen LogP) is 1.75. The van der Waals surface area contributed by atoms with E-state index < -0.39 is 10.0 Å². The number of thiophene rings is 1. The van der Waals surface area contributed by atoms with Gasteiger partial charge in [-0.05, 0) is 42.0 Å². The highest BCUT2D eigenvalue weighted by molar-refractivity contribution is 7.91. The van der Waals surface area contributed by atoms with Crippen LogP contribution < -0.4 is 20.1 Å². The van der Waals surface area contributed by atoms with Crippen LogP contribution in [0, 0.1) is 6.92 Å². The lowest BCUT2D eigenvalue weighted by Gasteiger charge is -2.13. The molecule has 9 heteroatoms. The molecular weight excluding hydrogens is 384 g/mol. The normalized spacial score (nSPS) is 12.0. The molecule has 2 aromatic rings. The van der Waals surface area contributed by atoms with Crippen molar-refractivity contribution in [3.05, 3.63) is 46.8 Å². The third-order valence-corrected chi connectivity index (χ3v) is 6.73. The van der Waals surface area contributed by atoms with Gasteiger partial charge in [0.2, 0.25) is 10.0 Å². The molecule has 0 radical (unpaired) electrons. The number of hydrogen-bond donors (Lipinski definition) is 3. The topological polar surface area (TPSA) is 91.8 Å². The van der Waals surface area contributed by atoms with Crippen LogP contribution in [0.4, 0.5) is 0 Å². The monoisotopic (exact) mass is 410 g/mol. The summed E-state index contributed by atoms with van der Waals surface area (Å²) in [6, 6.07) is 9.45. The molecule has 0 atom stereocenters. The first-order valence-corrected chi connectivity index (χ1v) is 10.9. The third kappa shape index (κ3) is 6.53.